The lowest BCUT2D eigenvalue weighted by molar-refractivity contribution is -0.155. The molecule has 0 radical (unpaired) electrons. The Kier molecular flexibility index (Phi) is 4.22. The van der Waals surface area contributed by atoms with Gasteiger partial charge < -0.3 is 15.2 Å². The minimum Gasteiger partial charge on any atom is -0.355 e. The highest BCUT2D eigenvalue weighted by atomic mass is 16.7. The first-order valence-electron chi connectivity index (χ1n) is 6.66. The van der Waals surface area contributed by atoms with Crippen molar-refractivity contribution in [3.05, 3.63) is 0 Å². The predicted molar refractivity (Wildman–Crippen MR) is 64.0 cm³/mol. The minimum absolute atomic E-state index is 0.0872. The van der Waals surface area contributed by atoms with Gasteiger partial charge in [-0.1, -0.05) is 6.92 Å². The van der Waals surface area contributed by atoms with Crippen molar-refractivity contribution in [3.8, 4) is 0 Å². The number of rotatable bonds is 6. The van der Waals surface area contributed by atoms with Gasteiger partial charge in [0.1, 0.15) is 6.79 Å². The van der Waals surface area contributed by atoms with Gasteiger partial charge in [-0.3, -0.25) is 0 Å². The Morgan fingerprint density at radius 3 is 2.44 bits per heavy atom. The van der Waals surface area contributed by atoms with E-state index in [0.717, 1.165) is 31.3 Å². The van der Waals surface area contributed by atoms with Crippen molar-refractivity contribution in [2.45, 2.75) is 51.0 Å². The van der Waals surface area contributed by atoms with Crippen LogP contribution < -0.4 is 5.73 Å². The third-order valence-electron chi connectivity index (χ3n) is 4.06. The molecule has 2 aliphatic rings. The molecule has 2 rings (SSSR count). The van der Waals surface area contributed by atoms with Crippen LogP contribution in [0.2, 0.25) is 0 Å². The van der Waals surface area contributed by atoms with E-state index in [4.69, 9.17) is 15.2 Å². The predicted octanol–water partition coefficient (Wildman–Crippen LogP) is 2.29. The van der Waals surface area contributed by atoms with Gasteiger partial charge in [-0.15, -0.1) is 0 Å². The van der Waals surface area contributed by atoms with E-state index in [9.17, 15) is 0 Å². The molecule has 2 fully saturated rings. The van der Waals surface area contributed by atoms with Crippen LogP contribution in [0, 0.1) is 11.8 Å². The Balaban J connectivity index is 1.66. The lowest BCUT2D eigenvalue weighted by atomic mass is 9.79. The summed E-state index contributed by atoms with van der Waals surface area (Å²) in [7, 11) is 0. The lowest BCUT2D eigenvalue weighted by Crippen LogP contribution is -2.44. The second-order valence-corrected chi connectivity index (χ2v) is 5.65. The highest BCUT2D eigenvalue weighted by Crippen LogP contribution is 2.34. The third-order valence-corrected chi connectivity index (χ3v) is 4.06. The molecule has 0 atom stereocenters. The van der Waals surface area contributed by atoms with E-state index in [-0.39, 0.29) is 5.60 Å². The van der Waals surface area contributed by atoms with Crippen molar-refractivity contribution in [1.29, 1.82) is 0 Å². The second-order valence-electron chi connectivity index (χ2n) is 5.65. The molecule has 2 N–H and O–H groups in total. The fourth-order valence-electron chi connectivity index (χ4n) is 2.36. The molecule has 3 nitrogen and oxygen atoms in total. The molecule has 0 heterocycles. The van der Waals surface area contributed by atoms with Crippen molar-refractivity contribution in [1.82, 2.24) is 0 Å². The normalized spacial score (nSPS) is 35.2. The van der Waals surface area contributed by atoms with E-state index in [1.54, 1.807) is 0 Å². The van der Waals surface area contributed by atoms with Crippen LogP contribution in [0.3, 0.4) is 0 Å². The summed E-state index contributed by atoms with van der Waals surface area (Å²) in [4.78, 5) is 0. The molecule has 2 saturated carbocycles. The topological polar surface area (TPSA) is 44.5 Å². The summed E-state index contributed by atoms with van der Waals surface area (Å²) < 4.78 is 11.4. The number of hydrogen-bond donors (Lipinski definition) is 1. The molecular formula is C13H25NO2. The molecule has 0 bridgehead atoms. The van der Waals surface area contributed by atoms with E-state index >= 15 is 0 Å². The van der Waals surface area contributed by atoms with Crippen LogP contribution in [0.5, 0.6) is 0 Å². The molecule has 94 valence electrons. The zero-order valence-corrected chi connectivity index (χ0v) is 10.4. The maximum Gasteiger partial charge on any atom is 0.147 e. The van der Waals surface area contributed by atoms with Gasteiger partial charge in [0.05, 0.1) is 12.2 Å². The minimum atomic E-state index is -0.0872. The molecule has 0 aliphatic heterocycles. The van der Waals surface area contributed by atoms with Crippen molar-refractivity contribution in [2.75, 3.05) is 19.9 Å². The van der Waals surface area contributed by atoms with Crippen molar-refractivity contribution < 1.29 is 9.47 Å². The Morgan fingerprint density at radius 1 is 1.19 bits per heavy atom. The monoisotopic (exact) mass is 227 g/mol. The zero-order valence-electron chi connectivity index (χ0n) is 10.4. The SMILES string of the molecule is CC1CCC(CN)(OCOCC2CC2)CC1. The maximum absolute atomic E-state index is 5.90. The van der Waals surface area contributed by atoms with Crippen LogP contribution in [-0.2, 0) is 9.47 Å². The van der Waals surface area contributed by atoms with Gasteiger partial charge in [0.15, 0.2) is 0 Å². The molecule has 3 heteroatoms. The molecule has 0 saturated heterocycles. The van der Waals surface area contributed by atoms with Gasteiger partial charge >= 0.3 is 0 Å². The van der Waals surface area contributed by atoms with Crippen LogP contribution in [0.4, 0.5) is 0 Å². The quantitative estimate of drug-likeness (QED) is 0.559. The average Bonchev–Trinajstić information content (AvgIpc) is 3.12. The highest BCUT2D eigenvalue weighted by Gasteiger charge is 2.34. The molecule has 2 aliphatic carbocycles. The summed E-state index contributed by atoms with van der Waals surface area (Å²) in [6, 6.07) is 0. The summed E-state index contributed by atoms with van der Waals surface area (Å²) in [5, 5.41) is 0. The van der Waals surface area contributed by atoms with E-state index < -0.39 is 0 Å². The smallest absolute Gasteiger partial charge is 0.147 e. The summed E-state index contributed by atoms with van der Waals surface area (Å²) in [6.45, 7) is 4.25. The van der Waals surface area contributed by atoms with Gasteiger partial charge in [0, 0.05) is 6.54 Å². The Labute approximate surface area is 98.7 Å². The maximum atomic E-state index is 5.90. The Hall–Kier alpha value is -0.120. The number of ether oxygens (including phenoxy) is 2. The largest absolute Gasteiger partial charge is 0.355 e. The molecule has 0 aromatic rings. The molecular weight excluding hydrogens is 202 g/mol. The molecule has 0 aromatic heterocycles. The van der Waals surface area contributed by atoms with Crippen molar-refractivity contribution >= 4 is 0 Å². The van der Waals surface area contributed by atoms with Crippen molar-refractivity contribution in [3.63, 3.8) is 0 Å². The molecule has 0 unspecified atom stereocenters. The van der Waals surface area contributed by atoms with Crippen LogP contribution in [-0.4, -0.2) is 25.5 Å². The van der Waals surface area contributed by atoms with Crippen LogP contribution >= 0.6 is 0 Å². The van der Waals surface area contributed by atoms with E-state index in [0.29, 0.717) is 13.3 Å². The third kappa shape index (κ3) is 3.44. The summed E-state index contributed by atoms with van der Waals surface area (Å²) in [6.07, 6.45) is 7.33. The fourth-order valence-corrected chi connectivity index (χ4v) is 2.36. The van der Waals surface area contributed by atoms with Crippen LogP contribution in [0.15, 0.2) is 0 Å². The number of hydrogen-bond acceptors (Lipinski definition) is 3. The number of nitrogens with two attached hydrogens (primary N) is 1. The second kappa shape index (κ2) is 5.48. The summed E-state index contributed by atoms with van der Waals surface area (Å²) in [5.74, 6) is 1.64. The first kappa shape index (κ1) is 12.3. The average molecular weight is 227 g/mol. The first-order chi connectivity index (χ1) is 7.74. The summed E-state index contributed by atoms with van der Waals surface area (Å²) in [5.41, 5.74) is 5.77. The summed E-state index contributed by atoms with van der Waals surface area (Å²) >= 11 is 0. The first-order valence-corrected chi connectivity index (χ1v) is 6.66. The molecule has 0 aromatic carbocycles. The highest BCUT2D eigenvalue weighted by molar-refractivity contribution is 4.87. The van der Waals surface area contributed by atoms with Gasteiger partial charge in [0.25, 0.3) is 0 Å². The Bertz CT molecular complexity index is 208. The van der Waals surface area contributed by atoms with E-state index in [2.05, 4.69) is 6.92 Å². The van der Waals surface area contributed by atoms with Crippen molar-refractivity contribution in [2.24, 2.45) is 17.6 Å². The fraction of sp³-hybridized carbons (Fsp3) is 1.00. The molecule has 0 amide bonds. The van der Waals surface area contributed by atoms with Gasteiger partial charge in [-0.05, 0) is 50.4 Å². The van der Waals surface area contributed by atoms with Crippen LogP contribution in [0.1, 0.15) is 45.4 Å². The zero-order chi connectivity index (χ0) is 11.4. The lowest BCUT2D eigenvalue weighted by Gasteiger charge is -2.38. The van der Waals surface area contributed by atoms with Gasteiger partial charge in [-0.2, -0.15) is 0 Å². The van der Waals surface area contributed by atoms with E-state index in [1.807, 2.05) is 0 Å². The standard InChI is InChI=1S/C13H25NO2/c1-11-4-6-13(9-14,7-5-11)16-10-15-8-12-2-3-12/h11-12H,2-10,14H2,1H3. The van der Waals surface area contributed by atoms with E-state index in [1.165, 1.54) is 25.7 Å². The molecule has 0 spiro atoms. The molecule has 16 heavy (non-hydrogen) atoms. The van der Waals surface area contributed by atoms with Crippen LogP contribution in [0.25, 0.3) is 0 Å². The van der Waals surface area contributed by atoms with Gasteiger partial charge in [0.2, 0.25) is 0 Å². The Morgan fingerprint density at radius 2 is 1.88 bits per heavy atom. The van der Waals surface area contributed by atoms with Gasteiger partial charge in [-0.25, -0.2) is 0 Å².